The number of aliphatic hydroxyl groups is 1. The fraction of sp³-hybridized carbons (Fsp3) is 0.417. The summed E-state index contributed by atoms with van der Waals surface area (Å²) in [4.78, 5) is 13.4. The molecule has 1 amide bonds. The third-order valence-corrected chi connectivity index (χ3v) is 3.06. The van der Waals surface area contributed by atoms with Crippen molar-refractivity contribution in [2.75, 3.05) is 23.8 Å². The molecule has 3 N–H and O–H groups in total. The van der Waals surface area contributed by atoms with E-state index in [1.54, 1.807) is 4.90 Å². The molecule has 0 saturated carbocycles. The number of benzene rings is 1. The first-order chi connectivity index (χ1) is 7.63. The predicted octanol–water partition coefficient (Wildman–Crippen LogP) is 0.922. The van der Waals surface area contributed by atoms with E-state index in [2.05, 4.69) is 0 Å². The standard InChI is InChI=1S/C12H16N2O2/c1-8-3-2-4-10(12(8)13)14-6-9(7-15)5-11(14)16/h2-4,9,15H,5-7,13H2,1H3. The van der Waals surface area contributed by atoms with Crippen LogP contribution in [0, 0.1) is 12.8 Å². The number of hydrogen-bond acceptors (Lipinski definition) is 3. The lowest BCUT2D eigenvalue weighted by Gasteiger charge is -2.19. The zero-order valence-electron chi connectivity index (χ0n) is 9.31. The summed E-state index contributed by atoms with van der Waals surface area (Å²) in [5.74, 6) is 0.0729. The Bertz CT molecular complexity index is 417. The Labute approximate surface area is 94.7 Å². The highest BCUT2D eigenvalue weighted by Gasteiger charge is 2.31. The maximum Gasteiger partial charge on any atom is 0.227 e. The van der Waals surface area contributed by atoms with E-state index in [1.807, 2.05) is 25.1 Å². The Hall–Kier alpha value is -1.55. The molecule has 1 unspecified atom stereocenters. The molecule has 1 aliphatic heterocycles. The largest absolute Gasteiger partial charge is 0.397 e. The van der Waals surface area contributed by atoms with Gasteiger partial charge in [-0.15, -0.1) is 0 Å². The number of carbonyl (C=O) groups excluding carboxylic acids is 1. The SMILES string of the molecule is Cc1cccc(N2CC(CO)CC2=O)c1N. The van der Waals surface area contributed by atoms with Gasteiger partial charge in [0.1, 0.15) is 0 Å². The van der Waals surface area contributed by atoms with E-state index in [0.29, 0.717) is 18.7 Å². The lowest BCUT2D eigenvalue weighted by atomic mass is 10.1. The number of nitrogen functional groups attached to an aromatic ring is 1. The molecule has 0 aliphatic carbocycles. The van der Waals surface area contributed by atoms with Crippen molar-refractivity contribution in [3.8, 4) is 0 Å². The molecule has 0 spiro atoms. The molecule has 0 bridgehead atoms. The van der Waals surface area contributed by atoms with Crippen LogP contribution in [0.3, 0.4) is 0 Å². The van der Waals surface area contributed by atoms with Crippen molar-refractivity contribution in [1.29, 1.82) is 0 Å². The highest BCUT2D eigenvalue weighted by atomic mass is 16.3. The number of rotatable bonds is 2. The fourth-order valence-corrected chi connectivity index (χ4v) is 2.04. The Balaban J connectivity index is 2.31. The fourth-order valence-electron chi connectivity index (χ4n) is 2.04. The van der Waals surface area contributed by atoms with Crippen LogP contribution in [0.25, 0.3) is 0 Å². The monoisotopic (exact) mass is 220 g/mol. The van der Waals surface area contributed by atoms with E-state index in [9.17, 15) is 4.79 Å². The van der Waals surface area contributed by atoms with E-state index >= 15 is 0 Å². The quantitative estimate of drug-likeness (QED) is 0.728. The van der Waals surface area contributed by atoms with Gasteiger partial charge in [-0.1, -0.05) is 12.1 Å². The minimum atomic E-state index is 0.0346. The van der Waals surface area contributed by atoms with Crippen LogP contribution in [0.1, 0.15) is 12.0 Å². The summed E-state index contributed by atoms with van der Waals surface area (Å²) < 4.78 is 0. The van der Waals surface area contributed by atoms with Gasteiger partial charge >= 0.3 is 0 Å². The van der Waals surface area contributed by atoms with Gasteiger partial charge in [-0.3, -0.25) is 4.79 Å². The Kier molecular flexibility index (Phi) is 2.83. The Morgan fingerprint density at radius 1 is 1.56 bits per heavy atom. The predicted molar refractivity (Wildman–Crippen MR) is 63.1 cm³/mol. The van der Waals surface area contributed by atoms with Crippen molar-refractivity contribution < 1.29 is 9.90 Å². The number of aryl methyl sites for hydroxylation is 1. The van der Waals surface area contributed by atoms with Crippen molar-refractivity contribution in [2.24, 2.45) is 5.92 Å². The number of aliphatic hydroxyl groups excluding tert-OH is 1. The van der Waals surface area contributed by atoms with Gasteiger partial charge in [0.25, 0.3) is 0 Å². The second-order valence-electron chi connectivity index (χ2n) is 4.26. The van der Waals surface area contributed by atoms with Crippen molar-refractivity contribution in [3.05, 3.63) is 23.8 Å². The van der Waals surface area contributed by atoms with Crippen molar-refractivity contribution in [1.82, 2.24) is 0 Å². The van der Waals surface area contributed by atoms with Gasteiger partial charge in [0.05, 0.1) is 11.4 Å². The van der Waals surface area contributed by atoms with Crippen LogP contribution >= 0.6 is 0 Å². The van der Waals surface area contributed by atoms with E-state index in [4.69, 9.17) is 10.8 Å². The summed E-state index contributed by atoms with van der Waals surface area (Å²) in [6.07, 6.45) is 0.407. The van der Waals surface area contributed by atoms with Gasteiger partial charge in [-0.2, -0.15) is 0 Å². The highest BCUT2D eigenvalue weighted by molar-refractivity contribution is 5.98. The van der Waals surface area contributed by atoms with Gasteiger partial charge in [-0.25, -0.2) is 0 Å². The van der Waals surface area contributed by atoms with Crippen LogP contribution in [-0.4, -0.2) is 24.2 Å². The molecule has 86 valence electrons. The average Bonchev–Trinajstić information content (AvgIpc) is 2.64. The molecule has 0 aromatic heterocycles. The smallest absolute Gasteiger partial charge is 0.227 e. The molecular weight excluding hydrogens is 204 g/mol. The number of hydrogen-bond donors (Lipinski definition) is 2. The summed E-state index contributed by atoms with van der Waals surface area (Å²) in [6.45, 7) is 2.53. The summed E-state index contributed by atoms with van der Waals surface area (Å²) in [5.41, 5.74) is 8.34. The van der Waals surface area contributed by atoms with E-state index < -0.39 is 0 Å². The van der Waals surface area contributed by atoms with E-state index in [0.717, 1.165) is 11.3 Å². The van der Waals surface area contributed by atoms with Gasteiger partial charge in [0.15, 0.2) is 0 Å². The topological polar surface area (TPSA) is 66.6 Å². The van der Waals surface area contributed by atoms with E-state index in [-0.39, 0.29) is 18.4 Å². The molecule has 0 radical (unpaired) electrons. The number of nitrogens with two attached hydrogens (primary N) is 1. The van der Waals surface area contributed by atoms with Crippen LogP contribution in [0.2, 0.25) is 0 Å². The molecule has 1 heterocycles. The molecular formula is C12H16N2O2. The number of para-hydroxylation sites is 1. The number of nitrogens with zero attached hydrogens (tertiary/aromatic N) is 1. The molecule has 16 heavy (non-hydrogen) atoms. The first-order valence-electron chi connectivity index (χ1n) is 5.39. The van der Waals surface area contributed by atoms with Crippen molar-refractivity contribution in [3.63, 3.8) is 0 Å². The normalized spacial score (nSPS) is 20.5. The molecule has 1 aliphatic rings. The molecule has 4 heteroatoms. The molecule has 2 rings (SSSR count). The minimum absolute atomic E-state index is 0.0346. The average molecular weight is 220 g/mol. The third-order valence-electron chi connectivity index (χ3n) is 3.06. The lowest BCUT2D eigenvalue weighted by molar-refractivity contribution is -0.117. The lowest BCUT2D eigenvalue weighted by Crippen LogP contribution is -2.26. The van der Waals surface area contributed by atoms with Crippen LogP contribution in [0.15, 0.2) is 18.2 Å². The second kappa shape index (κ2) is 4.14. The number of anilines is 2. The Morgan fingerprint density at radius 2 is 2.31 bits per heavy atom. The van der Waals surface area contributed by atoms with Gasteiger partial charge < -0.3 is 15.7 Å². The van der Waals surface area contributed by atoms with Crippen molar-refractivity contribution >= 4 is 17.3 Å². The maximum atomic E-state index is 11.8. The zero-order chi connectivity index (χ0) is 11.7. The van der Waals surface area contributed by atoms with Crippen LogP contribution in [0.4, 0.5) is 11.4 Å². The second-order valence-corrected chi connectivity index (χ2v) is 4.26. The maximum absolute atomic E-state index is 11.8. The molecule has 1 fully saturated rings. The molecule has 1 atom stereocenters. The number of carbonyl (C=O) groups is 1. The van der Waals surface area contributed by atoms with Crippen LogP contribution in [0.5, 0.6) is 0 Å². The van der Waals surface area contributed by atoms with Crippen molar-refractivity contribution in [2.45, 2.75) is 13.3 Å². The molecule has 1 saturated heterocycles. The molecule has 1 aromatic rings. The number of amides is 1. The summed E-state index contributed by atoms with van der Waals surface area (Å²) in [5, 5.41) is 9.06. The first-order valence-corrected chi connectivity index (χ1v) is 5.39. The Morgan fingerprint density at radius 3 is 2.94 bits per heavy atom. The molecule has 1 aromatic carbocycles. The van der Waals surface area contributed by atoms with Crippen LogP contribution < -0.4 is 10.6 Å². The first kappa shape index (κ1) is 11.0. The van der Waals surface area contributed by atoms with Gasteiger partial charge in [-0.05, 0) is 18.6 Å². The summed E-state index contributed by atoms with van der Waals surface area (Å²) in [7, 11) is 0. The third kappa shape index (κ3) is 1.76. The zero-order valence-corrected chi connectivity index (χ0v) is 9.31. The minimum Gasteiger partial charge on any atom is -0.397 e. The van der Waals surface area contributed by atoms with Gasteiger partial charge in [0, 0.05) is 25.5 Å². The van der Waals surface area contributed by atoms with Crippen LogP contribution in [-0.2, 0) is 4.79 Å². The molecule has 4 nitrogen and oxygen atoms in total. The summed E-state index contributed by atoms with van der Waals surface area (Å²) in [6, 6.07) is 5.66. The highest BCUT2D eigenvalue weighted by Crippen LogP contribution is 2.31. The van der Waals surface area contributed by atoms with Gasteiger partial charge in [0.2, 0.25) is 5.91 Å². The van der Waals surface area contributed by atoms with E-state index in [1.165, 1.54) is 0 Å². The summed E-state index contributed by atoms with van der Waals surface area (Å²) >= 11 is 0.